The van der Waals surface area contributed by atoms with Gasteiger partial charge in [0, 0.05) is 18.0 Å². The predicted molar refractivity (Wildman–Crippen MR) is 112 cm³/mol. The summed E-state index contributed by atoms with van der Waals surface area (Å²) in [4.78, 5) is 12.9. The van der Waals surface area contributed by atoms with Crippen molar-refractivity contribution in [1.29, 1.82) is 0 Å². The molecule has 7 heteroatoms. The molecule has 0 aliphatic carbocycles. The number of hydrogen-bond donors (Lipinski definition) is 1. The standard InChI is InChI=1S/C23H27F2N3O2/c1-4-12-23(3,26)13-11-20(29)22-15(2)27-28-19(22)9-6-10-21(28)30-14-16-17(24)7-5-8-18(16)25/h5-10H,4,11-14,26H2,1-3H3. The Balaban J connectivity index is 1.84. The quantitative estimate of drug-likeness (QED) is 0.501. The summed E-state index contributed by atoms with van der Waals surface area (Å²) in [7, 11) is 0. The second-order valence-corrected chi connectivity index (χ2v) is 7.94. The zero-order valence-corrected chi connectivity index (χ0v) is 17.5. The summed E-state index contributed by atoms with van der Waals surface area (Å²) in [5, 5.41) is 4.42. The SMILES string of the molecule is CCCC(C)(N)CCC(=O)c1c(C)nn2c(OCc3c(F)cccc3F)cccc12. The average molecular weight is 415 g/mol. The summed E-state index contributed by atoms with van der Waals surface area (Å²) in [6.45, 7) is 5.49. The molecule has 0 saturated carbocycles. The molecule has 0 fully saturated rings. The third-order valence-corrected chi connectivity index (χ3v) is 5.25. The second kappa shape index (κ2) is 8.92. The van der Waals surface area contributed by atoms with Crippen LogP contribution in [0.25, 0.3) is 5.52 Å². The first-order chi connectivity index (χ1) is 14.2. The molecule has 2 aromatic heterocycles. The third-order valence-electron chi connectivity index (χ3n) is 5.25. The van der Waals surface area contributed by atoms with E-state index in [1.807, 2.05) is 6.92 Å². The van der Waals surface area contributed by atoms with E-state index in [1.54, 1.807) is 25.1 Å². The van der Waals surface area contributed by atoms with Crippen LogP contribution < -0.4 is 10.5 Å². The monoisotopic (exact) mass is 415 g/mol. The topological polar surface area (TPSA) is 69.6 Å². The molecular weight excluding hydrogens is 388 g/mol. The molecule has 3 rings (SSSR count). The normalized spacial score (nSPS) is 13.4. The number of aromatic nitrogens is 2. The van der Waals surface area contributed by atoms with Crippen molar-refractivity contribution >= 4 is 11.3 Å². The fourth-order valence-electron chi connectivity index (χ4n) is 3.65. The van der Waals surface area contributed by atoms with Crippen molar-refractivity contribution < 1.29 is 18.3 Å². The van der Waals surface area contributed by atoms with Gasteiger partial charge in [0.05, 0.1) is 22.3 Å². The molecule has 0 aliphatic rings. The van der Waals surface area contributed by atoms with E-state index in [2.05, 4.69) is 12.0 Å². The van der Waals surface area contributed by atoms with Crippen LogP contribution >= 0.6 is 0 Å². The lowest BCUT2D eigenvalue weighted by Crippen LogP contribution is -2.36. The summed E-state index contributed by atoms with van der Waals surface area (Å²) in [5.74, 6) is -1.09. The molecule has 0 radical (unpaired) electrons. The maximum absolute atomic E-state index is 13.9. The Bertz CT molecular complexity index is 1040. The van der Waals surface area contributed by atoms with Crippen molar-refractivity contribution in [2.45, 2.75) is 58.6 Å². The number of ketones is 1. The first-order valence-electron chi connectivity index (χ1n) is 10.1. The maximum atomic E-state index is 13.9. The van der Waals surface area contributed by atoms with E-state index in [-0.39, 0.29) is 23.5 Å². The first kappa shape index (κ1) is 21.9. The molecule has 0 bridgehead atoms. The number of nitrogens with two attached hydrogens (primary N) is 1. The minimum atomic E-state index is -0.674. The molecule has 1 aromatic carbocycles. The van der Waals surface area contributed by atoms with Crippen molar-refractivity contribution in [3.63, 3.8) is 0 Å². The molecule has 0 amide bonds. The Kier molecular flexibility index (Phi) is 6.51. The van der Waals surface area contributed by atoms with E-state index in [0.29, 0.717) is 35.5 Å². The van der Waals surface area contributed by atoms with Gasteiger partial charge in [-0.2, -0.15) is 5.10 Å². The number of fused-ring (bicyclic) bond motifs is 1. The van der Waals surface area contributed by atoms with Gasteiger partial charge in [0.1, 0.15) is 18.2 Å². The van der Waals surface area contributed by atoms with Crippen LogP contribution in [0.5, 0.6) is 5.88 Å². The molecule has 160 valence electrons. The third kappa shape index (κ3) is 4.67. The highest BCUT2D eigenvalue weighted by atomic mass is 19.1. The molecular formula is C23H27F2N3O2. The van der Waals surface area contributed by atoms with Crippen LogP contribution in [-0.2, 0) is 6.61 Å². The van der Waals surface area contributed by atoms with Crippen LogP contribution in [-0.4, -0.2) is 20.9 Å². The van der Waals surface area contributed by atoms with E-state index in [1.165, 1.54) is 22.7 Å². The van der Waals surface area contributed by atoms with Gasteiger partial charge < -0.3 is 10.5 Å². The van der Waals surface area contributed by atoms with Crippen molar-refractivity contribution in [3.05, 3.63) is 64.9 Å². The number of pyridine rings is 1. The average Bonchev–Trinajstić information content (AvgIpc) is 3.02. The van der Waals surface area contributed by atoms with Crippen LogP contribution in [0.3, 0.4) is 0 Å². The van der Waals surface area contributed by atoms with E-state index >= 15 is 0 Å². The Morgan fingerprint density at radius 2 is 1.83 bits per heavy atom. The largest absolute Gasteiger partial charge is 0.473 e. The number of nitrogens with zero attached hydrogens (tertiary/aromatic N) is 2. The number of carbonyl (C=O) groups is 1. The van der Waals surface area contributed by atoms with Gasteiger partial charge >= 0.3 is 0 Å². The van der Waals surface area contributed by atoms with Gasteiger partial charge in [-0.1, -0.05) is 25.5 Å². The summed E-state index contributed by atoms with van der Waals surface area (Å²) in [5.41, 5.74) is 7.41. The molecule has 0 saturated heterocycles. The zero-order chi connectivity index (χ0) is 21.9. The number of aryl methyl sites for hydroxylation is 1. The van der Waals surface area contributed by atoms with Crippen LogP contribution in [0.2, 0.25) is 0 Å². The molecule has 1 unspecified atom stereocenters. The highest BCUT2D eigenvalue weighted by molar-refractivity contribution is 6.03. The number of hydrogen-bond acceptors (Lipinski definition) is 4. The van der Waals surface area contributed by atoms with E-state index < -0.39 is 11.6 Å². The molecule has 2 heterocycles. The molecule has 0 spiro atoms. The lowest BCUT2D eigenvalue weighted by atomic mass is 9.90. The molecule has 2 N–H and O–H groups in total. The summed E-state index contributed by atoms with van der Waals surface area (Å²) >= 11 is 0. The fraction of sp³-hybridized carbons (Fsp3) is 0.391. The van der Waals surface area contributed by atoms with Crippen LogP contribution in [0.15, 0.2) is 36.4 Å². The Morgan fingerprint density at radius 1 is 1.17 bits per heavy atom. The first-order valence-corrected chi connectivity index (χ1v) is 10.1. The van der Waals surface area contributed by atoms with E-state index in [0.717, 1.165) is 12.8 Å². The van der Waals surface area contributed by atoms with Crippen molar-refractivity contribution in [2.24, 2.45) is 5.73 Å². The number of ether oxygens (including phenoxy) is 1. The van der Waals surface area contributed by atoms with Gasteiger partial charge in [-0.05, 0) is 44.9 Å². The molecule has 0 aliphatic heterocycles. The van der Waals surface area contributed by atoms with Gasteiger partial charge in [0.2, 0.25) is 5.88 Å². The van der Waals surface area contributed by atoms with Gasteiger partial charge in [-0.15, -0.1) is 0 Å². The van der Waals surface area contributed by atoms with E-state index in [4.69, 9.17) is 10.5 Å². The summed E-state index contributed by atoms with van der Waals surface area (Å²) in [6, 6.07) is 8.81. The Morgan fingerprint density at radius 3 is 2.50 bits per heavy atom. The number of halogens is 2. The molecule has 5 nitrogen and oxygen atoms in total. The Hall–Kier alpha value is -2.80. The van der Waals surface area contributed by atoms with E-state index in [9.17, 15) is 13.6 Å². The van der Waals surface area contributed by atoms with Crippen LogP contribution in [0.4, 0.5) is 8.78 Å². The lowest BCUT2D eigenvalue weighted by Gasteiger charge is -2.23. The van der Waals surface area contributed by atoms with Gasteiger partial charge in [0.15, 0.2) is 5.78 Å². The number of benzene rings is 1. The van der Waals surface area contributed by atoms with Crippen LogP contribution in [0, 0.1) is 18.6 Å². The molecule has 3 aromatic rings. The van der Waals surface area contributed by atoms with Crippen LogP contribution in [0.1, 0.15) is 61.1 Å². The highest BCUT2D eigenvalue weighted by Crippen LogP contribution is 2.25. The maximum Gasteiger partial charge on any atom is 0.215 e. The molecule has 1 atom stereocenters. The molecule has 30 heavy (non-hydrogen) atoms. The smallest absolute Gasteiger partial charge is 0.215 e. The Labute approximate surface area is 174 Å². The lowest BCUT2D eigenvalue weighted by molar-refractivity contribution is 0.0971. The zero-order valence-electron chi connectivity index (χ0n) is 17.5. The minimum absolute atomic E-state index is 0.0347. The van der Waals surface area contributed by atoms with Crippen molar-refractivity contribution in [1.82, 2.24) is 9.61 Å². The second-order valence-electron chi connectivity index (χ2n) is 7.94. The number of Topliss-reactive ketones (excluding diaryl/α,β-unsaturated/α-hetero) is 1. The van der Waals surface area contributed by atoms with Gasteiger partial charge in [-0.25, -0.2) is 13.3 Å². The summed E-state index contributed by atoms with van der Waals surface area (Å²) in [6.07, 6.45) is 2.71. The minimum Gasteiger partial charge on any atom is -0.473 e. The van der Waals surface area contributed by atoms with Crippen molar-refractivity contribution in [3.8, 4) is 5.88 Å². The van der Waals surface area contributed by atoms with Crippen molar-refractivity contribution in [2.75, 3.05) is 0 Å². The van der Waals surface area contributed by atoms with Gasteiger partial charge in [-0.3, -0.25) is 4.79 Å². The number of rotatable bonds is 9. The summed E-state index contributed by atoms with van der Waals surface area (Å²) < 4.78 is 34.9. The predicted octanol–water partition coefficient (Wildman–Crippen LogP) is 4.98. The van der Waals surface area contributed by atoms with Gasteiger partial charge in [0.25, 0.3) is 0 Å². The number of carbonyl (C=O) groups excluding carboxylic acids is 1. The fourth-order valence-corrected chi connectivity index (χ4v) is 3.65. The highest BCUT2D eigenvalue weighted by Gasteiger charge is 2.23.